The molecule has 43 heavy (non-hydrogen) atoms. The van der Waals surface area contributed by atoms with Crippen molar-refractivity contribution >= 4 is 19.8 Å². The van der Waals surface area contributed by atoms with Crippen LogP contribution in [0.5, 0.6) is 0 Å². The topological polar surface area (TPSA) is 134 Å². The molecule has 0 aromatic heterocycles. The molecular formula is C33H66NO8P. The molecule has 3 N–H and O–H groups in total. The zero-order valence-corrected chi connectivity index (χ0v) is 28.6. The van der Waals surface area contributed by atoms with Crippen molar-refractivity contribution in [3.05, 3.63) is 0 Å². The normalized spacial score (nSPS) is 13.5. The average molecular weight is 636 g/mol. The fourth-order valence-corrected chi connectivity index (χ4v) is 5.63. The van der Waals surface area contributed by atoms with E-state index in [-0.39, 0.29) is 32.6 Å². The van der Waals surface area contributed by atoms with E-state index in [0.717, 1.165) is 44.9 Å². The van der Waals surface area contributed by atoms with Crippen molar-refractivity contribution in [1.82, 2.24) is 0 Å². The Bertz CT molecular complexity index is 694. The predicted molar refractivity (Wildman–Crippen MR) is 174 cm³/mol. The Morgan fingerprint density at radius 1 is 0.605 bits per heavy atom. The lowest BCUT2D eigenvalue weighted by Gasteiger charge is -2.19. The predicted octanol–water partition coefficient (Wildman–Crippen LogP) is 8.94. The third-order valence-corrected chi connectivity index (χ3v) is 8.48. The van der Waals surface area contributed by atoms with E-state index in [1.54, 1.807) is 0 Å². The standard InChI is InChI=1S/C33H66NO8P/c1-3-5-7-9-10-11-12-13-14-15-16-17-18-19-20-22-24-26-33(36)42-31(30-41-43(37,38)40-28-27-34)29-39-32(35)25-23-21-8-6-4-2/h31H,3-30,34H2,1-2H3,(H,37,38)/t31-/m1/s1. The number of esters is 2. The summed E-state index contributed by atoms with van der Waals surface area (Å²) in [4.78, 5) is 34.3. The molecule has 0 aromatic carbocycles. The highest BCUT2D eigenvalue weighted by atomic mass is 31.2. The highest BCUT2D eigenvalue weighted by molar-refractivity contribution is 7.47. The van der Waals surface area contributed by atoms with Gasteiger partial charge in [0.25, 0.3) is 0 Å². The molecule has 0 aliphatic carbocycles. The van der Waals surface area contributed by atoms with Crippen molar-refractivity contribution in [2.24, 2.45) is 5.73 Å². The van der Waals surface area contributed by atoms with Crippen molar-refractivity contribution < 1.29 is 37.6 Å². The van der Waals surface area contributed by atoms with Crippen molar-refractivity contribution in [1.29, 1.82) is 0 Å². The molecule has 1 unspecified atom stereocenters. The van der Waals surface area contributed by atoms with Gasteiger partial charge in [0.1, 0.15) is 6.61 Å². The summed E-state index contributed by atoms with van der Waals surface area (Å²) in [5, 5.41) is 0. The first kappa shape index (κ1) is 42.0. The summed E-state index contributed by atoms with van der Waals surface area (Å²) in [6, 6.07) is 0. The molecule has 10 heteroatoms. The maximum absolute atomic E-state index is 12.4. The number of rotatable bonds is 33. The quantitative estimate of drug-likeness (QED) is 0.0411. The molecule has 0 bridgehead atoms. The molecule has 0 aliphatic heterocycles. The largest absolute Gasteiger partial charge is 0.472 e. The molecule has 0 aliphatic rings. The number of hydrogen-bond acceptors (Lipinski definition) is 8. The minimum atomic E-state index is -4.35. The molecule has 2 atom stereocenters. The summed E-state index contributed by atoms with van der Waals surface area (Å²) in [6.07, 6.45) is 26.0. The Labute approximate surface area is 263 Å². The zero-order chi connectivity index (χ0) is 31.9. The number of phosphoric ester groups is 1. The Hall–Kier alpha value is -0.990. The highest BCUT2D eigenvalue weighted by Gasteiger charge is 2.25. The molecular weight excluding hydrogens is 569 g/mol. The smallest absolute Gasteiger partial charge is 0.462 e. The third-order valence-electron chi connectivity index (χ3n) is 7.49. The Morgan fingerprint density at radius 2 is 1.00 bits per heavy atom. The zero-order valence-electron chi connectivity index (χ0n) is 27.7. The third kappa shape index (κ3) is 30.8. The van der Waals surface area contributed by atoms with E-state index >= 15 is 0 Å². The summed E-state index contributed by atoms with van der Waals surface area (Å²) in [5.41, 5.74) is 5.30. The van der Waals surface area contributed by atoms with Gasteiger partial charge in [-0.1, -0.05) is 142 Å². The molecule has 0 heterocycles. The van der Waals surface area contributed by atoms with Gasteiger partial charge in [0.05, 0.1) is 13.2 Å². The molecule has 0 amide bonds. The minimum absolute atomic E-state index is 0.0571. The van der Waals surface area contributed by atoms with Gasteiger partial charge in [-0.2, -0.15) is 0 Å². The van der Waals surface area contributed by atoms with Crippen LogP contribution in [0.15, 0.2) is 0 Å². The highest BCUT2D eigenvalue weighted by Crippen LogP contribution is 2.43. The number of carbonyl (C=O) groups is 2. The molecule has 0 rings (SSSR count). The molecule has 0 saturated carbocycles. The number of hydrogen-bond donors (Lipinski definition) is 2. The molecule has 0 saturated heterocycles. The molecule has 0 radical (unpaired) electrons. The van der Waals surface area contributed by atoms with E-state index in [1.807, 2.05) is 0 Å². The fourth-order valence-electron chi connectivity index (χ4n) is 4.87. The number of carbonyl (C=O) groups excluding carboxylic acids is 2. The summed E-state index contributed by atoms with van der Waals surface area (Å²) in [6.45, 7) is 3.64. The van der Waals surface area contributed by atoms with Crippen LogP contribution in [0.4, 0.5) is 0 Å². The molecule has 0 aromatic rings. The monoisotopic (exact) mass is 635 g/mol. The van der Waals surface area contributed by atoms with Gasteiger partial charge in [-0.25, -0.2) is 4.57 Å². The number of phosphoric acid groups is 1. The second-order valence-electron chi connectivity index (χ2n) is 11.8. The van der Waals surface area contributed by atoms with Crippen molar-refractivity contribution in [2.75, 3.05) is 26.4 Å². The molecule has 256 valence electrons. The number of nitrogens with two attached hydrogens (primary N) is 1. The first-order valence-corrected chi connectivity index (χ1v) is 19.0. The van der Waals surface area contributed by atoms with Gasteiger partial charge < -0.3 is 20.1 Å². The average Bonchev–Trinajstić information content (AvgIpc) is 2.99. The number of ether oxygens (including phenoxy) is 2. The van der Waals surface area contributed by atoms with Crippen LogP contribution in [0, 0.1) is 0 Å². The van der Waals surface area contributed by atoms with Crippen LogP contribution in [0.25, 0.3) is 0 Å². The van der Waals surface area contributed by atoms with Crippen LogP contribution >= 0.6 is 7.82 Å². The lowest BCUT2D eigenvalue weighted by Crippen LogP contribution is -2.29. The van der Waals surface area contributed by atoms with Crippen LogP contribution in [0.1, 0.15) is 168 Å². The summed E-state index contributed by atoms with van der Waals surface area (Å²) >= 11 is 0. The van der Waals surface area contributed by atoms with Crippen LogP contribution < -0.4 is 5.73 Å². The van der Waals surface area contributed by atoms with E-state index in [0.29, 0.717) is 6.42 Å². The van der Waals surface area contributed by atoms with E-state index in [1.165, 1.54) is 89.9 Å². The van der Waals surface area contributed by atoms with Gasteiger partial charge in [0.2, 0.25) is 0 Å². The molecule has 0 fully saturated rings. The Kier molecular flexibility index (Phi) is 30.3. The number of unbranched alkanes of at least 4 members (excludes halogenated alkanes) is 20. The van der Waals surface area contributed by atoms with Crippen molar-refractivity contribution in [2.45, 2.75) is 174 Å². The SMILES string of the molecule is CCCCCCCCCCCCCCCCCCCC(=O)O[C@H](COC(=O)CCCCCCC)COP(=O)(O)OCCN. The van der Waals surface area contributed by atoms with Crippen LogP contribution in [0.3, 0.4) is 0 Å². The van der Waals surface area contributed by atoms with Crippen LogP contribution in [-0.4, -0.2) is 49.3 Å². The van der Waals surface area contributed by atoms with Crippen molar-refractivity contribution in [3.63, 3.8) is 0 Å². The van der Waals surface area contributed by atoms with Gasteiger partial charge in [0, 0.05) is 19.4 Å². The lowest BCUT2D eigenvalue weighted by molar-refractivity contribution is -0.161. The van der Waals surface area contributed by atoms with Gasteiger partial charge in [-0.05, 0) is 12.8 Å². The molecule has 0 spiro atoms. The van der Waals surface area contributed by atoms with E-state index in [2.05, 4.69) is 13.8 Å². The van der Waals surface area contributed by atoms with Crippen molar-refractivity contribution in [3.8, 4) is 0 Å². The van der Waals surface area contributed by atoms with Crippen LogP contribution in [0.2, 0.25) is 0 Å². The second kappa shape index (κ2) is 31.0. The first-order valence-electron chi connectivity index (χ1n) is 17.5. The van der Waals surface area contributed by atoms with E-state index in [4.69, 9.17) is 24.3 Å². The van der Waals surface area contributed by atoms with Gasteiger partial charge in [0.15, 0.2) is 6.10 Å². The summed E-state index contributed by atoms with van der Waals surface area (Å²) < 4.78 is 32.4. The Morgan fingerprint density at radius 3 is 1.42 bits per heavy atom. The maximum atomic E-state index is 12.4. The Balaban J connectivity index is 4.07. The van der Waals surface area contributed by atoms with Gasteiger partial charge >= 0.3 is 19.8 Å². The first-order chi connectivity index (χ1) is 20.8. The van der Waals surface area contributed by atoms with E-state index < -0.39 is 32.5 Å². The molecule has 9 nitrogen and oxygen atoms in total. The summed E-state index contributed by atoms with van der Waals surface area (Å²) in [5.74, 6) is -0.835. The van der Waals surface area contributed by atoms with Gasteiger partial charge in [-0.3, -0.25) is 18.6 Å². The summed E-state index contributed by atoms with van der Waals surface area (Å²) in [7, 11) is -4.35. The lowest BCUT2D eigenvalue weighted by atomic mass is 10.0. The fraction of sp³-hybridized carbons (Fsp3) is 0.939. The van der Waals surface area contributed by atoms with Gasteiger partial charge in [-0.15, -0.1) is 0 Å². The maximum Gasteiger partial charge on any atom is 0.472 e. The van der Waals surface area contributed by atoms with E-state index in [9.17, 15) is 19.0 Å². The second-order valence-corrected chi connectivity index (χ2v) is 13.2. The van der Waals surface area contributed by atoms with Crippen LogP contribution in [-0.2, 0) is 32.7 Å². The minimum Gasteiger partial charge on any atom is -0.462 e.